The molecule has 1 saturated heterocycles. The number of aryl methyl sites for hydroxylation is 1. The molecule has 8 heteroatoms. The van der Waals surface area contributed by atoms with Crippen molar-refractivity contribution in [2.24, 2.45) is 0 Å². The van der Waals surface area contributed by atoms with E-state index < -0.39 is 0 Å². The zero-order chi connectivity index (χ0) is 18.1. The van der Waals surface area contributed by atoms with Crippen LogP contribution in [0.5, 0.6) is 0 Å². The molecule has 1 aliphatic heterocycles. The number of nitrogens with zero attached hydrogens (tertiary/aromatic N) is 7. The van der Waals surface area contributed by atoms with Gasteiger partial charge in [-0.15, -0.1) is 0 Å². The minimum atomic E-state index is 0.302. The Morgan fingerprint density at radius 1 is 1.23 bits per heavy atom. The van der Waals surface area contributed by atoms with Crippen molar-refractivity contribution in [3.05, 3.63) is 42.0 Å². The highest BCUT2D eigenvalue weighted by molar-refractivity contribution is 5.51. The number of hydrogen-bond donors (Lipinski definition) is 0. The lowest BCUT2D eigenvalue weighted by molar-refractivity contribution is 0.181. The lowest BCUT2D eigenvalue weighted by atomic mass is 10.2. The SMILES string of the molecule is COCc1cc(N2CCN(c3cccc(C)n3)CC2C)n2ncnc2n1. The first kappa shape index (κ1) is 16.7. The van der Waals surface area contributed by atoms with Gasteiger partial charge in [-0.1, -0.05) is 6.07 Å². The molecule has 3 aromatic heterocycles. The third-order valence-electron chi connectivity index (χ3n) is 4.70. The number of fused-ring (bicyclic) bond motifs is 1. The van der Waals surface area contributed by atoms with Crippen molar-refractivity contribution >= 4 is 17.4 Å². The van der Waals surface area contributed by atoms with E-state index in [9.17, 15) is 0 Å². The third-order valence-corrected chi connectivity index (χ3v) is 4.70. The van der Waals surface area contributed by atoms with Crippen molar-refractivity contribution in [1.29, 1.82) is 0 Å². The van der Waals surface area contributed by atoms with Crippen LogP contribution in [0.15, 0.2) is 30.6 Å². The molecule has 4 rings (SSSR count). The van der Waals surface area contributed by atoms with Crippen LogP contribution in [0.3, 0.4) is 0 Å². The Labute approximate surface area is 152 Å². The van der Waals surface area contributed by atoms with Crippen molar-refractivity contribution in [3.8, 4) is 0 Å². The Kier molecular flexibility index (Phi) is 4.42. The van der Waals surface area contributed by atoms with Gasteiger partial charge in [0.25, 0.3) is 5.78 Å². The van der Waals surface area contributed by atoms with Crippen molar-refractivity contribution < 1.29 is 4.74 Å². The van der Waals surface area contributed by atoms with E-state index in [1.54, 1.807) is 18.0 Å². The molecule has 0 aliphatic carbocycles. The molecule has 26 heavy (non-hydrogen) atoms. The summed E-state index contributed by atoms with van der Waals surface area (Å²) in [5.41, 5.74) is 1.90. The molecule has 8 nitrogen and oxygen atoms in total. The van der Waals surface area contributed by atoms with E-state index in [4.69, 9.17) is 4.74 Å². The highest BCUT2D eigenvalue weighted by Gasteiger charge is 2.27. The predicted octanol–water partition coefficient (Wildman–Crippen LogP) is 1.69. The van der Waals surface area contributed by atoms with Gasteiger partial charge in [0, 0.05) is 44.5 Å². The first-order chi connectivity index (χ1) is 12.7. The van der Waals surface area contributed by atoms with E-state index in [2.05, 4.69) is 48.9 Å². The van der Waals surface area contributed by atoms with Gasteiger partial charge in [-0.05, 0) is 26.0 Å². The Bertz CT molecular complexity index is 909. The van der Waals surface area contributed by atoms with Crippen LogP contribution in [0.4, 0.5) is 11.6 Å². The summed E-state index contributed by atoms with van der Waals surface area (Å²) in [6, 6.07) is 8.51. The third kappa shape index (κ3) is 3.08. The summed E-state index contributed by atoms with van der Waals surface area (Å²) in [6.07, 6.45) is 1.54. The molecule has 0 saturated carbocycles. The first-order valence-corrected chi connectivity index (χ1v) is 8.79. The zero-order valence-electron chi connectivity index (χ0n) is 15.3. The second-order valence-electron chi connectivity index (χ2n) is 6.64. The van der Waals surface area contributed by atoms with Gasteiger partial charge >= 0.3 is 0 Å². The van der Waals surface area contributed by atoms with E-state index in [1.165, 1.54) is 0 Å². The lowest BCUT2D eigenvalue weighted by Crippen LogP contribution is -2.53. The Hall–Kier alpha value is -2.74. The van der Waals surface area contributed by atoms with Crippen LogP contribution >= 0.6 is 0 Å². The molecule has 0 radical (unpaired) electrons. The first-order valence-electron chi connectivity index (χ1n) is 8.79. The molecule has 0 amide bonds. The van der Waals surface area contributed by atoms with Gasteiger partial charge in [0.2, 0.25) is 0 Å². The van der Waals surface area contributed by atoms with E-state index >= 15 is 0 Å². The minimum Gasteiger partial charge on any atom is -0.378 e. The monoisotopic (exact) mass is 353 g/mol. The molecule has 0 aromatic carbocycles. The summed E-state index contributed by atoms with van der Waals surface area (Å²) in [6.45, 7) is 7.38. The van der Waals surface area contributed by atoms with Gasteiger partial charge in [0.05, 0.1) is 12.3 Å². The Morgan fingerprint density at radius 3 is 2.88 bits per heavy atom. The van der Waals surface area contributed by atoms with Gasteiger partial charge in [-0.25, -0.2) is 9.97 Å². The van der Waals surface area contributed by atoms with E-state index in [1.807, 2.05) is 19.1 Å². The van der Waals surface area contributed by atoms with Gasteiger partial charge in [0.1, 0.15) is 18.0 Å². The summed E-state index contributed by atoms with van der Waals surface area (Å²) in [7, 11) is 1.67. The van der Waals surface area contributed by atoms with Crippen molar-refractivity contribution in [3.63, 3.8) is 0 Å². The average molecular weight is 353 g/mol. The number of ether oxygens (including phenoxy) is 1. The number of rotatable bonds is 4. The normalized spacial score (nSPS) is 17.9. The van der Waals surface area contributed by atoms with Crippen LogP contribution in [-0.2, 0) is 11.3 Å². The molecule has 1 aliphatic rings. The quantitative estimate of drug-likeness (QED) is 0.707. The highest BCUT2D eigenvalue weighted by Crippen LogP contribution is 2.24. The van der Waals surface area contributed by atoms with Crippen LogP contribution in [0.25, 0.3) is 5.78 Å². The molecule has 0 N–H and O–H groups in total. The topological polar surface area (TPSA) is 71.7 Å². The van der Waals surface area contributed by atoms with Crippen LogP contribution in [0.1, 0.15) is 18.3 Å². The number of piperazine rings is 1. The minimum absolute atomic E-state index is 0.302. The fourth-order valence-corrected chi connectivity index (χ4v) is 3.48. The van der Waals surface area contributed by atoms with Gasteiger partial charge in [-0.3, -0.25) is 0 Å². The largest absolute Gasteiger partial charge is 0.378 e. The fraction of sp³-hybridized carbons (Fsp3) is 0.444. The second-order valence-corrected chi connectivity index (χ2v) is 6.64. The number of aromatic nitrogens is 5. The molecular formula is C18H23N7O. The molecule has 1 fully saturated rings. The maximum Gasteiger partial charge on any atom is 0.254 e. The summed E-state index contributed by atoms with van der Waals surface area (Å²) in [4.78, 5) is 18.1. The molecule has 1 atom stereocenters. The predicted molar refractivity (Wildman–Crippen MR) is 99.5 cm³/mol. The van der Waals surface area contributed by atoms with Crippen LogP contribution in [0, 0.1) is 6.92 Å². The standard InChI is InChI=1S/C18H23N7O/c1-13-5-4-6-16(21-13)23-7-8-24(14(2)10-23)17-9-15(11-26-3)22-18-19-12-20-25(17)18/h4-6,9,12,14H,7-8,10-11H2,1-3H3. The van der Waals surface area contributed by atoms with E-state index in [0.717, 1.165) is 42.7 Å². The molecule has 0 bridgehead atoms. The zero-order valence-corrected chi connectivity index (χ0v) is 15.3. The molecular weight excluding hydrogens is 330 g/mol. The van der Waals surface area contributed by atoms with Crippen molar-refractivity contribution in [2.45, 2.75) is 26.5 Å². The lowest BCUT2D eigenvalue weighted by Gasteiger charge is -2.41. The molecule has 3 aromatic rings. The maximum atomic E-state index is 5.25. The summed E-state index contributed by atoms with van der Waals surface area (Å²) >= 11 is 0. The average Bonchev–Trinajstić information content (AvgIpc) is 3.10. The van der Waals surface area contributed by atoms with Crippen molar-refractivity contribution in [1.82, 2.24) is 24.6 Å². The van der Waals surface area contributed by atoms with Gasteiger partial charge in [0.15, 0.2) is 0 Å². The summed E-state index contributed by atoms with van der Waals surface area (Å²) < 4.78 is 7.06. The second kappa shape index (κ2) is 6.87. The maximum absolute atomic E-state index is 5.25. The summed E-state index contributed by atoms with van der Waals surface area (Å²) in [5.74, 6) is 2.64. The number of anilines is 2. The molecule has 136 valence electrons. The number of pyridine rings is 1. The van der Waals surface area contributed by atoms with Gasteiger partial charge in [-0.2, -0.15) is 14.6 Å². The van der Waals surface area contributed by atoms with E-state index in [-0.39, 0.29) is 0 Å². The van der Waals surface area contributed by atoms with Crippen molar-refractivity contribution in [2.75, 3.05) is 36.5 Å². The van der Waals surface area contributed by atoms with E-state index in [0.29, 0.717) is 18.4 Å². The van der Waals surface area contributed by atoms with Gasteiger partial charge < -0.3 is 14.5 Å². The highest BCUT2D eigenvalue weighted by atomic mass is 16.5. The Morgan fingerprint density at radius 2 is 2.12 bits per heavy atom. The Balaban J connectivity index is 1.62. The van der Waals surface area contributed by atoms with Crippen LogP contribution in [0.2, 0.25) is 0 Å². The summed E-state index contributed by atoms with van der Waals surface area (Å²) in [5, 5.41) is 4.35. The smallest absolute Gasteiger partial charge is 0.254 e. The van der Waals surface area contributed by atoms with Crippen LogP contribution in [-0.4, -0.2) is 57.4 Å². The number of methoxy groups -OCH3 is 1. The molecule has 1 unspecified atom stereocenters. The molecule has 4 heterocycles. The molecule has 0 spiro atoms. The van der Waals surface area contributed by atoms with Crippen LogP contribution < -0.4 is 9.80 Å². The number of hydrogen-bond acceptors (Lipinski definition) is 7. The fourth-order valence-electron chi connectivity index (χ4n) is 3.48.